The van der Waals surface area contributed by atoms with Crippen molar-refractivity contribution in [1.29, 1.82) is 0 Å². The van der Waals surface area contributed by atoms with Gasteiger partial charge in [0.2, 0.25) is 0 Å². The summed E-state index contributed by atoms with van der Waals surface area (Å²) in [7, 11) is 1.61. The van der Waals surface area contributed by atoms with Crippen molar-refractivity contribution in [2.75, 3.05) is 13.7 Å². The number of Topliss-reactive ketones (excluding diaryl/α,β-unsaturated/α-hetero) is 1. The Hall–Kier alpha value is -2.13. The number of methoxy groups -OCH3 is 1. The van der Waals surface area contributed by atoms with Crippen LogP contribution in [0, 0.1) is 0 Å². The minimum atomic E-state index is -0.475. The van der Waals surface area contributed by atoms with Gasteiger partial charge in [-0.15, -0.1) is 0 Å². The number of aliphatic hydroxyl groups is 1. The maximum Gasteiger partial charge on any atom is 0.188 e. The Morgan fingerprint density at radius 1 is 1.16 bits per heavy atom. The number of ether oxygens (including phenoxy) is 1. The van der Waals surface area contributed by atoms with Gasteiger partial charge in [0.1, 0.15) is 12.4 Å². The van der Waals surface area contributed by atoms with Gasteiger partial charge in [0, 0.05) is 12.0 Å². The van der Waals surface area contributed by atoms with Crippen LogP contribution >= 0.6 is 0 Å². The summed E-state index contributed by atoms with van der Waals surface area (Å²) in [6.45, 7) is -0.475. The number of carbonyl (C=O) groups is 1. The Morgan fingerprint density at radius 3 is 2.53 bits per heavy atom. The van der Waals surface area contributed by atoms with Gasteiger partial charge in [-0.25, -0.2) is 0 Å². The summed E-state index contributed by atoms with van der Waals surface area (Å²) in [4.78, 5) is 11.5. The number of benzene rings is 2. The van der Waals surface area contributed by atoms with Crippen LogP contribution in [0.1, 0.15) is 21.5 Å². The molecule has 0 atom stereocenters. The van der Waals surface area contributed by atoms with E-state index in [1.165, 1.54) is 0 Å². The molecule has 2 aromatic rings. The van der Waals surface area contributed by atoms with E-state index in [2.05, 4.69) is 0 Å². The normalized spacial score (nSPS) is 10.2. The molecule has 2 rings (SSSR count). The van der Waals surface area contributed by atoms with Crippen molar-refractivity contribution in [2.45, 2.75) is 6.42 Å². The van der Waals surface area contributed by atoms with E-state index in [9.17, 15) is 4.79 Å². The molecule has 0 aliphatic carbocycles. The number of aliphatic hydroxyl groups excluding tert-OH is 1. The van der Waals surface area contributed by atoms with Crippen LogP contribution in [-0.4, -0.2) is 24.6 Å². The molecule has 0 fully saturated rings. The average Bonchev–Trinajstić information content (AvgIpc) is 2.47. The topological polar surface area (TPSA) is 46.5 Å². The molecule has 2 aromatic carbocycles. The zero-order chi connectivity index (χ0) is 13.7. The van der Waals surface area contributed by atoms with Crippen molar-refractivity contribution in [3.63, 3.8) is 0 Å². The van der Waals surface area contributed by atoms with Crippen LogP contribution in [0.25, 0.3) is 0 Å². The Labute approximate surface area is 112 Å². The van der Waals surface area contributed by atoms with Crippen LogP contribution in [0.2, 0.25) is 0 Å². The fraction of sp³-hybridized carbons (Fsp3) is 0.188. The van der Waals surface area contributed by atoms with Crippen LogP contribution in [0.4, 0.5) is 0 Å². The van der Waals surface area contributed by atoms with Gasteiger partial charge in [0.15, 0.2) is 5.78 Å². The van der Waals surface area contributed by atoms with Crippen LogP contribution in [0.5, 0.6) is 5.75 Å². The number of ketones is 1. The first-order valence-electron chi connectivity index (χ1n) is 6.09. The fourth-order valence-electron chi connectivity index (χ4n) is 2.00. The average molecular weight is 256 g/mol. The minimum Gasteiger partial charge on any atom is -0.496 e. The molecule has 0 amide bonds. The van der Waals surface area contributed by atoms with Crippen LogP contribution in [-0.2, 0) is 6.42 Å². The molecule has 0 aliphatic heterocycles. The Morgan fingerprint density at radius 2 is 1.89 bits per heavy atom. The van der Waals surface area contributed by atoms with E-state index in [0.29, 0.717) is 12.0 Å². The van der Waals surface area contributed by atoms with Gasteiger partial charge in [-0.1, -0.05) is 30.3 Å². The van der Waals surface area contributed by atoms with E-state index in [1.54, 1.807) is 25.3 Å². The number of hydrogen-bond donors (Lipinski definition) is 1. The van der Waals surface area contributed by atoms with Gasteiger partial charge in [-0.3, -0.25) is 4.79 Å². The zero-order valence-corrected chi connectivity index (χ0v) is 10.8. The molecule has 98 valence electrons. The van der Waals surface area contributed by atoms with Crippen LogP contribution < -0.4 is 4.74 Å². The molecular weight excluding hydrogens is 240 g/mol. The molecule has 0 aromatic heterocycles. The molecule has 0 radical (unpaired) electrons. The smallest absolute Gasteiger partial charge is 0.188 e. The highest BCUT2D eigenvalue weighted by atomic mass is 16.5. The maximum atomic E-state index is 11.5. The SMILES string of the molecule is COc1ccc(C(=O)CO)cc1Cc1ccccc1. The predicted molar refractivity (Wildman–Crippen MR) is 73.7 cm³/mol. The van der Waals surface area contributed by atoms with Gasteiger partial charge >= 0.3 is 0 Å². The lowest BCUT2D eigenvalue weighted by Crippen LogP contribution is -2.05. The highest BCUT2D eigenvalue weighted by Crippen LogP contribution is 2.23. The summed E-state index contributed by atoms with van der Waals surface area (Å²) in [6.07, 6.45) is 0.691. The Kier molecular flexibility index (Phi) is 4.31. The monoisotopic (exact) mass is 256 g/mol. The minimum absolute atomic E-state index is 0.281. The number of rotatable bonds is 5. The molecule has 19 heavy (non-hydrogen) atoms. The van der Waals surface area contributed by atoms with Crippen molar-refractivity contribution in [2.24, 2.45) is 0 Å². The molecule has 0 unspecified atom stereocenters. The third kappa shape index (κ3) is 3.20. The first-order chi connectivity index (χ1) is 9.24. The molecule has 3 nitrogen and oxygen atoms in total. The summed E-state index contributed by atoms with van der Waals surface area (Å²) >= 11 is 0. The summed E-state index contributed by atoms with van der Waals surface area (Å²) < 4.78 is 5.31. The summed E-state index contributed by atoms with van der Waals surface area (Å²) in [5.74, 6) is 0.468. The van der Waals surface area contributed by atoms with Crippen molar-refractivity contribution in [3.8, 4) is 5.75 Å². The van der Waals surface area contributed by atoms with Gasteiger partial charge in [0.05, 0.1) is 7.11 Å². The van der Waals surface area contributed by atoms with Gasteiger partial charge in [0.25, 0.3) is 0 Å². The zero-order valence-electron chi connectivity index (χ0n) is 10.8. The van der Waals surface area contributed by atoms with E-state index in [4.69, 9.17) is 9.84 Å². The third-order valence-corrected chi connectivity index (χ3v) is 2.98. The first kappa shape index (κ1) is 13.3. The van der Waals surface area contributed by atoms with E-state index >= 15 is 0 Å². The Balaban J connectivity index is 2.34. The third-order valence-electron chi connectivity index (χ3n) is 2.98. The molecule has 0 bridgehead atoms. The predicted octanol–water partition coefficient (Wildman–Crippen LogP) is 2.46. The van der Waals surface area contributed by atoms with E-state index < -0.39 is 6.61 Å². The molecule has 1 N–H and O–H groups in total. The Bertz CT molecular complexity index is 561. The summed E-state index contributed by atoms with van der Waals surface area (Å²) in [5.41, 5.74) is 2.59. The van der Waals surface area contributed by atoms with Crippen LogP contribution in [0.3, 0.4) is 0 Å². The second kappa shape index (κ2) is 6.16. The highest BCUT2D eigenvalue weighted by molar-refractivity contribution is 5.97. The quantitative estimate of drug-likeness (QED) is 0.836. The van der Waals surface area contributed by atoms with Crippen molar-refractivity contribution < 1.29 is 14.6 Å². The molecule has 0 saturated heterocycles. The van der Waals surface area contributed by atoms with Crippen LogP contribution in [0.15, 0.2) is 48.5 Å². The fourth-order valence-corrected chi connectivity index (χ4v) is 2.00. The largest absolute Gasteiger partial charge is 0.496 e. The summed E-state index contributed by atoms with van der Waals surface area (Å²) in [6, 6.07) is 15.2. The number of hydrogen-bond acceptors (Lipinski definition) is 3. The first-order valence-corrected chi connectivity index (χ1v) is 6.09. The highest BCUT2D eigenvalue weighted by Gasteiger charge is 2.09. The van der Waals surface area contributed by atoms with Crippen molar-refractivity contribution in [1.82, 2.24) is 0 Å². The molecule has 0 saturated carbocycles. The van der Waals surface area contributed by atoms with E-state index in [1.807, 2.05) is 30.3 Å². The standard InChI is InChI=1S/C16H16O3/c1-19-16-8-7-13(15(18)11-17)10-14(16)9-12-5-3-2-4-6-12/h2-8,10,17H,9,11H2,1H3. The molecular formula is C16H16O3. The molecule has 0 aliphatic rings. The van der Waals surface area contributed by atoms with E-state index in [-0.39, 0.29) is 5.78 Å². The second-order valence-corrected chi connectivity index (χ2v) is 4.27. The lowest BCUT2D eigenvalue weighted by Gasteiger charge is -2.10. The maximum absolute atomic E-state index is 11.5. The van der Waals surface area contributed by atoms with Crippen molar-refractivity contribution >= 4 is 5.78 Å². The molecule has 3 heteroatoms. The van der Waals surface area contributed by atoms with E-state index in [0.717, 1.165) is 16.9 Å². The molecule has 0 spiro atoms. The lowest BCUT2D eigenvalue weighted by atomic mass is 10.0. The van der Waals surface area contributed by atoms with Gasteiger partial charge in [-0.05, 0) is 29.3 Å². The molecule has 0 heterocycles. The second-order valence-electron chi connectivity index (χ2n) is 4.27. The van der Waals surface area contributed by atoms with Crippen molar-refractivity contribution in [3.05, 3.63) is 65.2 Å². The van der Waals surface area contributed by atoms with Gasteiger partial charge in [-0.2, -0.15) is 0 Å². The summed E-state index contributed by atoms with van der Waals surface area (Å²) in [5, 5.41) is 8.91. The number of carbonyl (C=O) groups excluding carboxylic acids is 1. The lowest BCUT2D eigenvalue weighted by molar-refractivity contribution is 0.0903. The van der Waals surface area contributed by atoms with Gasteiger partial charge < -0.3 is 9.84 Å².